The summed E-state index contributed by atoms with van der Waals surface area (Å²) in [6.07, 6.45) is 0.832. The van der Waals surface area contributed by atoms with Crippen molar-refractivity contribution in [2.24, 2.45) is 14.1 Å². The quantitative estimate of drug-likeness (QED) is 0.548. The molecule has 1 rings (SSSR count). The number of ether oxygens (including phenoxy) is 1. The summed E-state index contributed by atoms with van der Waals surface area (Å²) in [6, 6.07) is -1.55. The molecule has 1 aromatic heterocycles. The lowest BCUT2D eigenvalue weighted by Crippen LogP contribution is -2.47. The first kappa shape index (κ1) is 17.1. The highest BCUT2D eigenvalue weighted by atomic mass is 32.2. The molecule has 0 aliphatic heterocycles. The molecule has 0 aliphatic carbocycles. The highest BCUT2D eigenvalue weighted by Crippen LogP contribution is 2.02. The number of nitrogens with one attached hydrogen (secondary N) is 1. The van der Waals surface area contributed by atoms with Gasteiger partial charge >= 0.3 is 11.7 Å². The van der Waals surface area contributed by atoms with E-state index in [0.717, 1.165) is 24.9 Å². The third-order valence-electron chi connectivity index (χ3n) is 2.67. The second-order valence-corrected chi connectivity index (χ2v) is 5.81. The van der Waals surface area contributed by atoms with Gasteiger partial charge in [-0.25, -0.2) is 13.2 Å². The fourth-order valence-electron chi connectivity index (χ4n) is 1.51. The van der Waals surface area contributed by atoms with Crippen LogP contribution in [0.4, 0.5) is 0 Å². The monoisotopic (exact) mass is 321 g/mol. The van der Waals surface area contributed by atoms with E-state index in [1.54, 1.807) is 0 Å². The van der Waals surface area contributed by atoms with Crippen LogP contribution >= 0.6 is 0 Å². The van der Waals surface area contributed by atoms with Crippen molar-refractivity contribution in [3.8, 4) is 0 Å². The zero-order valence-corrected chi connectivity index (χ0v) is 12.4. The maximum Gasteiger partial charge on any atom is 0.330 e. The van der Waals surface area contributed by atoms with Crippen molar-refractivity contribution in [1.29, 1.82) is 0 Å². The second-order valence-electron chi connectivity index (χ2n) is 4.13. The zero-order valence-electron chi connectivity index (χ0n) is 11.6. The SMILES string of the molecule is COC(=O)C(CO)NS(=O)(=O)c1cn(C)c(=O)n(C)c1=O. The summed E-state index contributed by atoms with van der Waals surface area (Å²) in [5.41, 5.74) is -1.75. The van der Waals surface area contributed by atoms with E-state index in [0.29, 0.717) is 4.57 Å². The lowest BCUT2D eigenvalue weighted by Gasteiger charge is -2.14. The number of sulfonamides is 1. The molecule has 0 saturated heterocycles. The van der Waals surface area contributed by atoms with E-state index >= 15 is 0 Å². The van der Waals surface area contributed by atoms with Crippen molar-refractivity contribution in [2.75, 3.05) is 13.7 Å². The van der Waals surface area contributed by atoms with Gasteiger partial charge in [0.05, 0.1) is 13.7 Å². The summed E-state index contributed by atoms with van der Waals surface area (Å²) in [7, 11) is -1.02. The van der Waals surface area contributed by atoms with Crippen LogP contribution in [0, 0.1) is 0 Å². The molecule has 118 valence electrons. The third kappa shape index (κ3) is 3.37. The van der Waals surface area contributed by atoms with E-state index < -0.39 is 44.8 Å². The van der Waals surface area contributed by atoms with Crippen LogP contribution in [0.1, 0.15) is 0 Å². The number of aromatic nitrogens is 2. The smallest absolute Gasteiger partial charge is 0.330 e. The molecule has 2 N–H and O–H groups in total. The molecule has 10 nitrogen and oxygen atoms in total. The Kier molecular flexibility index (Phi) is 5.04. The van der Waals surface area contributed by atoms with Crippen LogP contribution in [0.3, 0.4) is 0 Å². The van der Waals surface area contributed by atoms with Crippen LogP contribution in [-0.4, -0.2) is 48.4 Å². The number of methoxy groups -OCH3 is 1. The number of aryl methyl sites for hydroxylation is 1. The summed E-state index contributed by atoms with van der Waals surface area (Å²) >= 11 is 0. The van der Waals surface area contributed by atoms with Gasteiger partial charge in [-0.3, -0.25) is 14.2 Å². The Bertz CT molecular complexity index is 762. The minimum atomic E-state index is -4.42. The molecule has 1 atom stereocenters. The molecule has 1 heterocycles. The average molecular weight is 321 g/mol. The van der Waals surface area contributed by atoms with Gasteiger partial charge in [-0.1, -0.05) is 0 Å². The molecule has 0 aromatic carbocycles. The van der Waals surface area contributed by atoms with E-state index in [4.69, 9.17) is 5.11 Å². The van der Waals surface area contributed by atoms with Gasteiger partial charge in [-0.2, -0.15) is 4.72 Å². The number of esters is 1. The van der Waals surface area contributed by atoms with Gasteiger partial charge in [0.1, 0.15) is 6.04 Å². The van der Waals surface area contributed by atoms with E-state index in [1.807, 2.05) is 4.72 Å². The van der Waals surface area contributed by atoms with Gasteiger partial charge in [-0.05, 0) is 0 Å². The van der Waals surface area contributed by atoms with Crippen molar-refractivity contribution >= 4 is 16.0 Å². The molecule has 11 heteroatoms. The Morgan fingerprint density at radius 1 is 1.43 bits per heavy atom. The van der Waals surface area contributed by atoms with Crippen LogP contribution in [-0.2, 0) is 33.7 Å². The van der Waals surface area contributed by atoms with Crippen LogP contribution in [0.25, 0.3) is 0 Å². The molecule has 0 aliphatic rings. The Labute approximate surface area is 119 Å². The second kappa shape index (κ2) is 6.20. The maximum atomic E-state index is 12.1. The molecule has 0 bridgehead atoms. The van der Waals surface area contributed by atoms with Crippen LogP contribution < -0.4 is 16.0 Å². The first-order valence-electron chi connectivity index (χ1n) is 5.63. The third-order valence-corrected chi connectivity index (χ3v) is 4.12. The molecule has 1 unspecified atom stereocenters. The average Bonchev–Trinajstić information content (AvgIpc) is 2.45. The molecule has 1 aromatic rings. The van der Waals surface area contributed by atoms with E-state index in [9.17, 15) is 22.8 Å². The van der Waals surface area contributed by atoms with Gasteiger partial charge in [0.25, 0.3) is 5.56 Å². The Hall–Kier alpha value is -1.98. The molecular weight excluding hydrogens is 306 g/mol. The molecule has 0 spiro atoms. The molecule has 21 heavy (non-hydrogen) atoms. The van der Waals surface area contributed by atoms with Crippen molar-refractivity contribution in [3.05, 3.63) is 27.0 Å². The number of hydrogen-bond acceptors (Lipinski definition) is 7. The van der Waals surface area contributed by atoms with E-state index in [2.05, 4.69) is 4.74 Å². The Morgan fingerprint density at radius 2 is 2.00 bits per heavy atom. The highest BCUT2D eigenvalue weighted by Gasteiger charge is 2.28. The van der Waals surface area contributed by atoms with Crippen molar-refractivity contribution in [2.45, 2.75) is 10.9 Å². The molecular formula is C10H15N3O7S. The van der Waals surface area contributed by atoms with Crippen LogP contribution in [0.15, 0.2) is 20.7 Å². The first-order chi connectivity index (χ1) is 9.65. The lowest BCUT2D eigenvalue weighted by molar-refractivity contribution is -0.143. The van der Waals surface area contributed by atoms with Crippen LogP contribution in [0.5, 0.6) is 0 Å². The van der Waals surface area contributed by atoms with Crippen molar-refractivity contribution in [3.63, 3.8) is 0 Å². The normalized spacial score (nSPS) is 13.0. The molecule has 0 saturated carbocycles. The van der Waals surface area contributed by atoms with Gasteiger partial charge in [0, 0.05) is 20.3 Å². The van der Waals surface area contributed by atoms with Gasteiger partial charge in [0.15, 0.2) is 4.90 Å². The summed E-state index contributed by atoms with van der Waals surface area (Å²) in [5.74, 6) is -1.01. The van der Waals surface area contributed by atoms with Crippen molar-refractivity contribution in [1.82, 2.24) is 13.9 Å². The topological polar surface area (TPSA) is 137 Å². The van der Waals surface area contributed by atoms with Gasteiger partial charge in [0.2, 0.25) is 10.0 Å². The summed E-state index contributed by atoms with van der Waals surface area (Å²) in [5, 5.41) is 8.99. The summed E-state index contributed by atoms with van der Waals surface area (Å²) in [6.45, 7) is -0.849. The number of carbonyl (C=O) groups is 1. The predicted octanol–water partition coefficient (Wildman–Crippen LogP) is -3.10. The molecule has 0 radical (unpaired) electrons. The first-order valence-corrected chi connectivity index (χ1v) is 7.11. The number of nitrogens with zero attached hydrogens (tertiary/aromatic N) is 2. The minimum Gasteiger partial charge on any atom is -0.468 e. The fraction of sp³-hybridized carbons (Fsp3) is 0.500. The number of aliphatic hydroxyl groups excluding tert-OH is 1. The number of carbonyl (C=O) groups excluding carboxylic acids is 1. The maximum absolute atomic E-state index is 12.1. The fourth-order valence-corrected chi connectivity index (χ4v) is 2.85. The molecule has 0 fully saturated rings. The summed E-state index contributed by atoms with van der Waals surface area (Å²) in [4.78, 5) is 33.9. The Morgan fingerprint density at radius 3 is 2.48 bits per heavy atom. The van der Waals surface area contributed by atoms with E-state index in [-0.39, 0.29) is 0 Å². The van der Waals surface area contributed by atoms with Gasteiger partial charge < -0.3 is 14.4 Å². The predicted molar refractivity (Wildman–Crippen MR) is 70.1 cm³/mol. The lowest BCUT2D eigenvalue weighted by atomic mass is 10.3. The van der Waals surface area contributed by atoms with Gasteiger partial charge in [-0.15, -0.1) is 0 Å². The number of rotatable bonds is 5. The van der Waals surface area contributed by atoms with E-state index in [1.165, 1.54) is 7.05 Å². The number of aliphatic hydroxyl groups is 1. The summed E-state index contributed by atoms with van der Waals surface area (Å²) < 4.78 is 31.9. The zero-order chi connectivity index (χ0) is 16.4. The minimum absolute atomic E-state index is 0.612. The van der Waals surface area contributed by atoms with Crippen LogP contribution in [0.2, 0.25) is 0 Å². The largest absolute Gasteiger partial charge is 0.468 e. The molecule has 0 amide bonds. The highest BCUT2D eigenvalue weighted by molar-refractivity contribution is 7.89. The Balaban J connectivity index is 3.36. The number of hydrogen-bond donors (Lipinski definition) is 2. The van der Waals surface area contributed by atoms with Crippen molar-refractivity contribution < 1.29 is 23.1 Å². The standard InChI is InChI=1S/C10H15N3O7S/c1-12-4-7(8(15)13(2)10(12)17)21(18,19)11-6(5-14)9(16)20-3/h4,6,11,14H,5H2,1-3H3.